The van der Waals surface area contributed by atoms with Crippen molar-refractivity contribution in [1.82, 2.24) is 4.90 Å². The van der Waals surface area contributed by atoms with E-state index in [1.807, 2.05) is 13.8 Å². The fourth-order valence-corrected chi connectivity index (χ4v) is 6.74. The average Bonchev–Trinajstić information content (AvgIpc) is 2.50. The van der Waals surface area contributed by atoms with Gasteiger partial charge in [-0.2, -0.15) is 0 Å². The van der Waals surface area contributed by atoms with Gasteiger partial charge in [-0.25, -0.2) is 8.42 Å². The number of sulfone groups is 1. The van der Waals surface area contributed by atoms with E-state index >= 15 is 0 Å². The second-order valence-corrected chi connectivity index (χ2v) is 11.0. The number of carbonyl (C=O) groups excluding carboxylic acids is 1. The summed E-state index contributed by atoms with van der Waals surface area (Å²) in [4.78, 5) is 14.9. The van der Waals surface area contributed by atoms with E-state index in [2.05, 4.69) is 13.8 Å². The van der Waals surface area contributed by atoms with Crippen LogP contribution in [0, 0.1) is 11.3 Å². The Morgan fingerprint density at radius 3 is 2.21 bits per heavy atom. The van der Waals surface area contributed by atoms with Gasteiger partial charge in [0.25, 0.3) is 0 Å². The normalized spacial score (nSPS) is 27.2. The van der Waals surface area contributed by atoms with Crippen LogP contribution in [0.2, 0.25) is 0 Å². The Kier molecular flexibility index (Phi) is 6.01. The van der Waals surface area contributed by atoms with Crippen molar-refractivity contribution in [2.75, 3.05) is 13.1 Å². The van der Waals surface area contributed by atoms with Gasteiger partial charge in [0.2, 0.25) is 5.91 Å². The van der Waals surface area contributed by atoms with E-state index in [-0.39, 0.29) is 28.5 Å². The molecule has 1 heterocycles. The van der Waals surface area contributed by atoms with Crippen molar-refractivity contribution < 1.29 is 13.2 Å². The number of nitrogens with two attached hydrogens (primary N) is 1. The van der Waals surface area contributed by atoms with Crippen LogP contribution in [0.5, 0.6) is 0 Å². The lowest BCUT2D eigenvalue weighted by atomic mass is 9.79. The largest absolute Gasteiger partial charge is 0.341 e. The molecule has 2 N–H and O–H groups in total. The van der Waals surface area contributed by atoms with Crippen LogP contribution in [0.25, 0.3) is 0 Å². The Bertz CT molecular complexity index is 551. The zero-order valence-electron chi connectivity index (χ0n) is 15.6. The number of amides is 1. The molecule has 1 saturated carbocycles. The van der Waals surface area contributed by atoms with Gasteiger partial charge in [-0.05, 0) is 30.6 Å². The van der Waals surface area contributed by atoms with Crippen molar-refractivity contribution in [1.29, 1.82) is 0 Å². The molecular weight excluding hydrogens is 324 g/mol. The summed E-state index contributed by atoms with van der Waals surface area (Å²) in [5, 5.41) is -1.26. The van der Waals surface area contributed by atoms with Crippen molar-refractivity contribution >= 4 is 15.7 Å². The lowest BCUT2D eigenvalue weighted by Gasteiger charge is -2.44. The van der Waals surface area contributed by atoms with E-state index in [1.165, 1.54) is 0 Å². The second-order valence-electron chi connectivity index (χ2n) is 8.66. The van der Waals surface area contributed by atoms with Gasteiger partial charge < -0.3 is 10.6 Å². The number of hydrogen-bond donors (Lipinski definition) is 1. The van der Waals surface area contributed by atoms with E-state index in [1.54, 1.807) is 4.90 Å². The molecule has 2 aliphatic rings. The zero-order chi connectivity index (χ0) is 18.1. The second kappa shape index (κ2) is 7.32. The first-order chi connectivity index (χ1) is 11.1. The van der Waals surface area contributed by atoms with E-state index in [9.17, 15) is 13.2 Å². The zero-order valence-corrected chi connectivity index (χ0v) is 16.4. The Hall–Kier alpha value is -0.620. The van der Waals surface area contributed by atoms with Crippen LogP contribution in [0.15, 0.2) is 0 Å². The SMILES string of the molecule is CC(C)C(C(=O)N1CCC(N)C(C)(C)C1)S(=O)(=O)C1CCCCC1. The summed E-state index contributed by atoms with van der Waals surface area (Å²) in [5.41, 5.74) is 5.98. The molecule has 2 rings (SSSR count). The summed E-state index contributed by atoms with van der Waals surface area (Å²) >= 11 is 0. The van der Waals surface area contributed by atoms with Gasteiger partial charge in [0.15, 0.2) is 9.84 Å². The Balaban J connectivity index is 2.22. The summed E-state index contributed by atoms with van der Waals surface area (Å²) in [7, 11) is -3.45. The minimum absolute atomic E-state index is 0.0500. The van der Waals surface area contributed by atoms with Crippen molar-refractivity contribution in [2.45, 2.75) is 82.8 Å². The van der Waals surface area contributed by atoms with Gasteiger partial charge in [-0.1, -0.05) is 47.0 Å². The molecule has 0 bridgehead atoms. The maximum Gasteiger partial charge on any atom is 0.241 e. The average molecular weight is 359 g/mol. The van der Waals surface area contributed by atoms with Crippen molar-refractivity contribution in [3.05, 3.63) is 0 Å². The number of likely N-dealkylation sites (tertiary alicyclic amines) is 1. The molecule has 1 aliphatic carbocycles. The highest BCUT2D eigenvalue weighted by Crippen LogP contribution is 2.32. The number of piperidine rings is 1. The van der Waals surface area contributed by atoms with Crippen LogP contribution in [-0.2, 0) is 14.6 Å². The number of carbonyl (C=O) groups is 1. The van der Waals surface area contributed by atoms with Crippen LogP contribution in [0.1, 0.15) is 66.2 Å². The third-order valence-corrected chi connectivity index (χ3v) is 8.70. The monoisotopic (exact) mass is 358 g/mol. The molecule has 2 fully saturated rings. The highest BCUT2D eigenvalue weighted by atomic mass is 32.2. The quantitative estimate of drug-likeness (QED) is 0.836. The Morgan fingerprint density at radius 1 is 1.12 bits per heavy atom. The maximum atomic E-state index is 13.2. The van der Waals surface area contributed by atoms with Gasteiger partial charge in [-0.15, -0.1) is 0 Å². The highest BCUT2D eigenvalue weighted by Gasteiger charge is 2.45. The first-order valence-corrected chi connectivity index (χ1v) is 11.0. The van der Waals surface area contributed by atoms with E-state index in [4.69, 9.17) is 5.73 Å². The van der Waals surface area contributed by atoms with Crippen molar-refractivity contribution in [3.63, 3.8) is 0 Å². The van der Waals surface area contributed by atoms with Crippen molar-refractivity contribution in [2.24, 2.45) is 17.1 Å². The lowest BCUT2D eigenvalue weighted by molar-refractivity contribution is -0.134. The molecule has 2 unspecified atom stereocenters. The molecular formula is C18H34N2O3S. The summed E-state index contributed by atoms with van der Waals surface area (Å²) < 4.78 is 26.3. The van der Waals surface area contributed by atoms with Gasteiger partial charge >= 0.3 is 0 Å². The first kappa shape index (κ1) is 19.7. The smallest absolute Gasteiger partial charge is 0.241 e. The molecule has 5 nitrogen and oxygen atoms in total. The molecule has 2 atom stereocenters. The topological polar surface area (TPSA) is 80.5 Å². The minimum atomic E-state index is -3.45. The molecule has 0 radical (unpaired) electrons. The fourth-order valence-electron chi connectivity index (χ4n) is 4.15. The molecule has 24 heavy (non-hydrogen) atoms. The molecule has 6 heteroatoms. The maximum absolute atomic E-state index is 13.2. The molecule has 0 aromatic rings. The third-order valence-electron chi connectivity index (χ3n) is 5.84. The van der Waals surface area contributed by atoms with E-state index in [0.717, 1.165) is 25.7 Å². The number of rotatable bonds is 4. The Morgan fingerprint density at radius 2 is 1.71 bits per heavy atom. The molecule has 0 spiro atoms. The van der Waals surface area contributed by atoms with Crippen LogP contribution in [0.3, 0.4) is 0 Å². The van der Waals surface area contributed by atoms with Gasteiger partial charge in [0, 0.05) is 19.1 Å². The molecule has 1 saturated heterocycles. The summed E-state index contributed by atoms with van der Waals surface area (Å²) in [6.07, 6.45) is 5.14. The highest BCUT2D eigenvalue weighted by molar-refractivity contribution is 7.93. The summed E-state index contributed by atoms with van der Waals surface area (Å²) in [6.45, 7) is 8.91. The standard InChI is InChI=1S/C18H34N2O3S/c1-13(2)16(24(22,23)14-8-6-5-7-9-14)17(21)20-11-10-15(19)18(3,4)12-20/h13-16H,5-12,19H2,1-4H3. The molecule has 0 aromatic carbocycles. The summed E-state index contributed by atoms with van der Waals surface area (Å²) in [6, 6.07) is 0.0500. The van der Waals surface area contributed by atoms with Gasteiger partial charge in [-0.3, -0.25) is 4.79 Å². The van der Waals surface area contributed by atoms with E-state index < -0.39 is 15.1 Å². The molecule has 1 amide bonds. The van der Waals surface area contributed by atoms with Crippen molar-refractivity contribution in [3.8, 4) is 0 Å². The minimum Gasteiger partial charge on any atom is -0.341 e. The number of nitrogens with zero attached hydrogens (tertiary/aromatic N) is 1. The van der Waals surface area contributed by atoms with Crippen LogP contribution < -0.4 is 5.73 Å². The molecule has 140 valence electrons. The predicted octanol–water partition coefficient (Wildman–Crippen LogP) is 2.34. The fraction of sp³-hybridized carbons (Fsp3) is 0.944. The summed E-state index contributed by atoms with van der Waals surface area (Å²) in [5.74, 6) is -0.418. The van der Waals surface area contributed by atoms with Gasteiger partial charge in [0.1, 0.15) is 5.25 Å². The Labute approximate surface area is 147 Å². The van der Waals surface area contributed by atoms with Crippen LogP contribution in [-0.4, -0.2) is 48.9 Å². The first-order valence-electron chi connectivity index (χ1n) is 9.34. The molecule has 1 aliphatic heterocycles. The molecule has 0 aromatic heterocycles. The van der Waals surface area contributed by atoms with Crippen LogP contribution in [0.4, 0.5) is 0 Å². The number of hydrogen-bond acceptors (Lipinski definition) is 4. The van der Waals surface area contributed by atoms with Crippen LogP contribution >= 0.6 is 0 Å². The lowest BCUT2D eigenvalue weighted by Crippen LogP contribution is -2.58. The van der Waals surface area contributed by atoms with Gasteiger partial charge in [0.05, 0.1) is 5.25 Å². The predicted molar refractivity (Wildman–Crippen MR) is 97.4 cm³/mol. The third kappa shape index (κ3) is 3.96. The van der Waals surface area contributed by atoms with E-state index in [0.29, 0.717) is 25.9 Å².